The summed E-state index contributed by atoms with van der Waals surface area (Å²) in [5.41, 5.74) is 0. The molecule has 0 unspecified atom stereocenters. The molecule has 1 fully saturated rings. The maximum absolute atomic E-state index is 5.83. The lowest BCUT2D eigenvalue weighted by atomic mass is 9.89. The minimum Gasteiger partial charge on any atom is -0.497 e. The number of hydrogen-bond donors (Lipinski definition) is 1. The number of ether oxygens (including phenoxy) is 2. The van der Waals surface area contributed by atoms with E-state index in [2.05, 4.69) is 12.2 Å². The van der Waals surface area contributed by atoms with Crippen molar-refractivity contribution in [3.05, 3.63) is 24.3 Å². The molecule has 1 saturated carbocycles. The lowest BCUT2D eigenvalue weighted by molar-refractivity contribution is 0.0859. The first-order valence-corrected chi connectivity index (χ1v) is 5.86. The van der Waals surface area contributed by atoms with Gasteiger partial charge in [-0.1, -0.05) is 6.92 Å². The van der Waals surface area contributed by atoms with Crippen molar-refractivity contribution in [2.45, 2.75) is 31.9 Å². The summed E-state index contributed by atoms with van der Waals surface area (Å²) in [7, 11) is 1.67. The van der Waals surface area contributed by atoms with Crippen LogP contribution in [0.15, 0.2) is 24.3 Å². The summed E-state index contributed by atoms with van der Waals surface area (Å²) in [4.78, 5) is 0. The Morgan fingerprint density at radius 2 is 1.81 bits per heavy atom. The number of rotatable bonds is 5. The van der Waals surface area contributed by atoms with Crippen molar-refractivity contribution >= 4 is 0 Å². The van der Waals surface area contributed by atoms with Gasteiger partial charge in [0.25, 0.3) is 0 Å². The number of hydrogen-bond acceptors (Lipinski definition) is 3. The quantitative estimate of drug-likeness (QED) is 0.827. The van der Waals surface area contributed by atoms with Crippen LogP contribution in [0.5, 0.6) is 11.5 Å². The average molecular weight is 221 g/mol. The summed E-state index contributed by atoms with van der Waals surface area (Å²) >= 11 is 0. The number of methoxy groups -OCH3 is 1. The Kier molecular flexibility index (Phi) is 3.67. The summed E-state index contributed by atoms with van der Waals surface area (Å²) in [6.45, 7) is 3.18. The summed E-state index contributed by atoms with van der Waals surface area (Å²) < 4.78 is 10.9. The first-order chi connectivity index (χ1) is 7.81. The average Bonchev–Trinajstić information content (AvgIpc) is 2.27. The molecule has 0 amide bonds. The van der Waals surface area contributed by atoms with Gasteiger partial charge < -0.3 is 14.8 Å². The smallest absolute Gasteiger partial charge is 0.119 e. The molecule has 16 heavy (non-hydrogen) atoms. The van der Waals surface area contributed by atoms with E-state index in [0.29, 0.717) is 12.1 Å². The van der Waals surface area contributed by atoms with Gasteiger partial charge in [0, 0.05) is 6.04 Å². The van der Waals surface area contributed by atoms with Crippen LogP contribution < -0.4 is 14.8 Å². The molecule has 0 bridgehead atoms. The van der Waals surface area contributed by atoms with Crippen LogP contribution in [0, 0.1) is 0 Å². The molecule has 1 aliphatic rings. The molecule has 3 nitrogen and oxygen atoms in total. The van der Waals surface area contributed by atoms with Crippen LogP contribution in [-0.2, 0) is 0 Å². The van der Waals surface area contributed by atoms with Crippen molar-refractivity contribution in [2.24, 2.45) is 0 Å². The second-order valence-electron chi connectivity index (χ2n) is 4.14. The van der Waals surface area contributed by atoms with Crippen molar-refractivity contribution < 1.29 is 9.47 Å². The molecule has 0 heterocycles. The van der Waals surface area contributed by atoms with Gasteiger partial charge in [-0.15, -0.1) is 0 Å². The minimum absolute atomic E-state index is 0.373. The van der Waals surface area contributed by atoms with Crippen molar-refractivity contribution in [1.29, 1.82) is 0 Å². The third-order valence-electron chi connectivity index (χ3n) is 2.95. The molecular weight excluding hydrogens is 202 g/mol. The highest BCUT2D eigenvalue weighted by molar-refractivity contribution is 5.31. The Morgan fingerprint density at radius 1 is 1.19 bits per heavy atom. The molecule has 0 saturated heterocycles. The fraction of sp³-hybridized carbons (Fsp3) is 0.538. The van der Waals surface area contributed by atoms with Crippen LogP contribution >= 0.6 is 0 Å². The Labute approximate surface area is 96.8 Å². The van der Waals surface area contributed by atoms with Crippen LogP contribution in [0.4, 0.5) is 0 Å². The van der Waals surface area contributed by atoms with Crippen molar-refractivity contribution in [1.82, 2.24) is 5.32 Å². The molecule has 0 aromatic heterocycles. The third-order valence-corrected chi connectivity index (χ3v) is 2.95. The van der Waals surface area contributed by atoms with Gasteiger partial charge in [0.05, 0.1) is 7.11 Å². The molecule has 0 aliphatic heterocycles. The van der Waals surface area contributed by atoms with Crippen molar-refractivity contribution in [3.8, 4) is 11.5 Å². The number of benzene rings is 1. The highest BCUT2D eigenvalue weighted by Crippen LogP contribution is 2.26. The standard InChI is InChI=1S/C13H19NO2/c1-3-14-10-8-13(9-10)16-12-6-4-11(15-2)5-7-12/h4-7,10,13-14H,3,8-9H2,1-2H3. The van der Waals surface area contributed by atoms with Crippen molar-refractivity contribution in [2.75, 3.05) is 13.7 Å². The molecule has 0 spiro atoms. The van der Waals surface area contributed by atoms with E-state index in [0.717, 1.165) is 30.9 Å². The van der Waals surface area contributed by atoms with E-state index in [1.807, 2.05) is 24.3 Å². The molecule has 1 N–H and O–H groups in total. The normalized spacial score (nSPS) is 23.6. The van der Waals surface area contributed by atoms with E-state index in [1.54, 1.807) is 7.11 Å². The predicted octanol–water partition coefficient (Wildman–Crippen LogP) is 2.21. The molecule has 88 valence electrons. The fourth-order valence-electron chi connectivity index (χ4n) is 1.96. The summed E-state index contributed by atoms with van der Waals surface area (Å²) in [6, 6.07) is 8.41. The third kappa shape index (κ3) is 2.67. The van der Waals surface area contributed by atoms with Gasteiger partial charge in [-0.05, 0) is 43.7 Å². The van der Waals surface area contributed by atoms with Gasteiger partial charge in [0.1, 0.15) is 17.6 Å². The zero-order valence-electron chi connectivity index (χ0n) is 9.90. The van der Waals surface area contributed by atoms with Gasteiger partial charge in [-0.2, -0.15) is 0 Å². The van der Waals surface area contributed by atoms with E-state index >= 15 is 0 Å². The molecule has 1 aliphatic carbocycles. The largest absolute Gasteiger partial charge is 0.497 e. The zero-order valence-corrected chi connectivity index (χ0v) is 9.90. The van der Waals surface area contributed by atoms with Crippen LogP contribution in [0.25, 0.3) is 0 Å². The van der Waals surface area contributed by atoms with E-state index in [9.17, 15) is 0 Å². The molecule has 1 aromatic rings. The Hall–Kier alpha value is -1.22. The predicted molar refractivity (Wildman–Crippen MR) is 64.1 cm³/mol. The van der Waals surface area contributed by atoms with Crippen LogP contribution in [0.3, 0.4) is 0 Å². The lowest BCUT2D eigenvalue weighted by Crippen LogP contribution is -2.46. The second kappa shape index (κ2) is 5.21. The molecule has 0 radical (unpaired) electrons. The fourth-order valence-corrected chi connectivity index (χ4v) is 1.96. The second-order valence-corrected chi connectivity index (χ2v) is 4.14. The summed E-state index contributed by atoms with van der Waals surface area (Å²) in [6.07, 6.45) is 2.59. The SMILES string of the molecule is CCNC1CC(Oc2ccc(OC)cc2)C1. The summed E-state index contributed by atoms with van der Waals surface area (Å²) in [5, 5.41) is 3.42. The molecule has 3 heteroatoms. The highest BCUT2D eigenvalue weighted by atomic mass is 16.5. The van der Waals surface area contributed by atoms with E-state index in [4.69, 9.17) is 9.47 Å². The van der Waals surface area contributed by atoms with Gasteiger partial charge in [0.15, 0.2) is 0 Å². The Balaban J connectivity index is 1.78. The van der Waals surface area contributed by atoms with Crippen LogP contribution in [0.2, 0.25) is 0 Å². The van der Waals surface area contributed by atoms with Gasteiger partial charge in [-0.25, -0.2) is 0 Å². The minimum atomic E-state index is 0.373. The monoisotopic (exact) mass is 221 g/mol. The maximum atomic E-state index is 5.83. The molecular formula is C13H19NO2. The van der Waals surface area contributed by atoms with Crippen LogP contribution in [0.1, 0.15) is 19.8 Å². The first kappa shape index (κ1) is 11.3. The lowest BCUT2D eigenvalue weighted by Gasteiger charge is -2.35. The van der Waals surface area contributed by atoms with Gasteiger partial charge in [0.2, 0.25) is 0 Å². The van der Waals surface area contributed by atoms with E-state index in [1.165, 1.54) is 0 Å². The highest BCUT2D eigenvalue weighted by Gasteiger charge is 2.29. The first-order valence-electron chi connectivity index (χ1n) is 5.86. The van der Waals surface area contributed by atoms with E-state index < -0.39 is 0 Å². The van der Waals surface area contributed by atoms with E-state index in [-0.39, 0.29) is 0 Å². The molecule has 1 aromatic carbocycles. The van der Waals surface area contributed by atoms with Crippen molar-refractivity contribution in [3.63, 3.8) is 0 Å². The van der Waals surface area contributed by atoms with Crippen LogP contribution in [-0.4, -0.2) is 25.8 Å². The van der Waals surface area contributed by atoms with Gasteiger partial charge in [-0.3, -0.25) is 0 Å². The Bertz CT molecular complexity index is 317. The maximum Gasteiger partial charge on any atom is 0.119 e. The topological polar surface area (TPSA) is 30.5 Å². The molecule has 2 rings (SSSR count). The summed E-state index contributed by atoms with van der Waals surface area (Å²) in [5.74, 6) is 1.80. The molecule has 0 atom stereocenters. The zero-order chi connectivity index (χ0) is 11.4. The Morgan fingerprint density at radius 3 is 2.38 bits per heavy atom. The number of nitrogens with one attached hydrogen (secondary N) is 1. The van der Waals surface area contributed by atoms with Gasteiger partial charge >= 0.3 is 0 Å².